The molecule has 1 amide bonds. The normalized spacial score (nSPS) is 16.6. The van der Waals surface area contributed by atoms with Crippen molar-refractivity contribution in [2.24, 2.45) is 5.41 Å². The molecule has 1 saturated carbocycles. The number of nitrogens with one attached hydrogen (secondary N) is 1. The van der Waals surface area contributed by atoms with Gasteiger partial charge in [0.2, 0.25) is 0 Å². The molecule has 170 valence electrons. The number of rotatable bonds is 6. The minimum absolute atomic E-state index is 0.121. The molecule has 1 saturated heterocycles. The Morgan fingerprint density at radius 3 is 2.42 bits per heavy atom. The number of hydrogen-bond acceptors (Lipinski definition) is 6. The minimum Gasteiger partial charge on any atom is -0.420 e. The smallest absolute Gasteiger partial charge is 0.420 e. The van der Waals surface area contributed by atoms with Crippen molar-refractivity contribution < 1.29 is 18.3 Å². The van der Waals surface area contributed by atoms with Gasteiger partial charge in [0.15, 0.2) is 0 Å². The van der Waals surface area contributed by atoms with Gasteiger partial charge in [-0.05, 0) is 43.2 Å². The molecule has 2 aromatic heterocycles. The van der Waals surface area contributed by atoms with Crippen LogP contribution in [0.25, 0.3) is 11.1 Å². The minimum atomic E-state index is -3.80. The molecule has 0 radical (unpaired) electrons. The van der Waals surface area contributed by atoms with Crippen LogP contribution < -0.4 is 15.0 Å². The Morgan fingerprint density at radius 2 is 1.82 bits per heavy atom. The van der Waals surface area contributed by atoms with Crippen molar-refractivity contribution in [3.63, 3.8) is 0 Å². The van der Waals surface area contributed by atoms with Crippen LogP contribution in [-0.2, 0) is 0 Å². The molecule has 0 atom stereocenters. The predicted molar refractivity (Wildman–Crippen MR) is 120 cm³/mol. The van der Waals surface area contributed by atoms with Gasteiger partial charge < -0.3 is 15.0 Å². The molecule has 2 fully saturated rings. The topological polar surface area (TPSA) is 80.2 Å². The zero-order valence-corrected chi connectivity index (χ0v) is 18.2. The first-order chi connectivity index (χ1) is 15.8. The number of aromatic nitrogens is 3. The number of halogens is 3. The Balaban J connectivity index is 1.36. The number of anilines is 2. The quantitative estimate of drug-likeness (QED) is 0.512. The van der Waals surface area contributed by atoms with Crippen LogP contribution in [0.4, 0.5) is 20.3 Å². The number of nitrogens with zero attached hydrogens (tertiary/aromatic N) is 4. The van der Waals surface area contributed by atoms with E-state index in [1.54, 1.807) is 18.5 Å². The molecule has 0 unspecified atom stereocenters. The number of amides is 1. The summed E-state index contributed by atoms with van der Waals surface area (Å²) in [5.74, 6) is 0.300. The molecule has 0 bridgehead atoms. The average molecular weight is 472 g/mol. The van der Waals surface area contributed by atoms with Gasteiger partial charge in [0, 0.05) is 65.5 Å². The number of ether oxygens (including phenoxy) is 1. The lowest BCUT2D eigenvalue weighted by Gasteiger charge is -2.56. The Bertz CT molecular complexity index is 1160. The van der Waals surface area contributed by atoms with Crippen LogP contribution in [0.2, 0.25) is 0 Å². The van der Waals surface area contributed by atoms with Crippen LogP contribution in [0.15, 0.2) is 55.2 Å². The lowest BCUT2D eigenvalue weighted by molar-refractivity contribution is -0.0964. The third-order valence-electron chi connectivity index (χ3n) is 6.11. The van der Waals surface area contributed by atoms with Gasteiger partial charge in [0.05, 0.1) is 5.56 Å². The summed E-state index contributed by atoms with van der Waals surface area (Å²) in [7, 11) is 0. The van der Waals surface area contributed by atoms with Crippen LogP contribution in [0.3, 0.4) is 0 Å². The molecule has 5 rings (SSSR count). The number of hydrogen-bond donors (Lipinski definition) is 1. The van der Waals surface area contributed by atoms with Gasteiger partial charge in [0.25, 0.3) is 5.91 Å². The summed E-state index contributed by atoms with van der Waals surface area (Å²) < 4.78 is 29.8. The second-order valence-corrected chi connectivity index (χ2v) is 8.90. The molecule has 2 aliphatic rings. The Hall–Kier alpha value is -3.33. The van der Waals surface area contributed by atoms with Crippen LogP contribution in [-0.4, -0.2) is 39.5 Å². The third kappa shape index (κ3) is 4.59. The zero-order chi connectivity index (χ0) is 23.1. The van der Waals surface area contributed by atoms with Crippen LogP contribution in [0, 0.1) is 5.41 Å². The van der Waals surface area contributed by atoms with Crippen LogP contribution >= 0.6 is 11.6 Å². The van der Waals surface area contributed by atoms with E-state index in [1.807, 2.05) is 0 Å². The van der Waals surface area contributed by atoms with E-state index in [4.69, 9.17) is 11.6 Å². The lowest BCUT2D eigenvalue weighted by Crippen LogP contribution is -2.60. The summed E-state index contributed by atoms with van der Waals surface area (Å²) in [6.07, 6.45) is 10.2. The van der Waals surface area contributed by atoms with E-state index in [9.17, 15) is 13.6 Å². The third-order valence-corrected chi connectivity index (χ3v) is 6.19. The molecular formula is C23H20ClF2N5O2. The molecule has 33 heavy (non-hydrogen) atoms. The van der Waals surface area contributed by atoms with Gasteiger partial charge in [0.1, 0.15) is 17.9 Å². The SMILES string of the molecule is O=C(Nc1ccc(OC(F)(F)Cl)cc1)c1cnc(N2CC3(CCC3)C2)c(-c2cncnc2)c1. The molecule has 7 nitrogen and oxygen atoms in total. The highest BCUT2D eigenvalue weighted by atomic mass is 35.5. The second-order valence-electron chi connectivity index (χ2n) is 8.46. The van der Waals surface area contributed by atoms with Gasteiger partial charge in [-0.3, -0.25) is 4.79 Å². The molecular weight excluding hydrogens is 452 g/mol. The van der Waals surface area contributed by atoms with Crippen molar-refractivity contribution in [2.75, 3.05) is 23.3 Å². The fourth-order valence-electron chi connectivity index (χ4n) is 4.33. The molecule has 1 spiro atoms. The van der Waals surface area contributed by atoms with Crippen molar-refractivity contribution in [2.45, 2.75) is 24.8 Å². The van der Waals surface area contributed by atoms with E-state index in [0.29, 0.717) is 16.7 Å². The fraction of sp³-hybridized carbons (Fsp3) is 0.304. The van der Waals surface area contributed by atoms with E-state index in [2.05, 4.69) is 29.9 Å². The van der Waals surface area contributed by atoms with Crippen molar-refractivity contribution in [1.29, 1.82) is 0 Å². The zero-order valence-electron chi connectivity index (χ0n) is 17.5. The Kier molecular flexibility index (Phi) is 5.36. The predicted octanol–water partition coefficient (Wildman–Crippen LogP) is 4.95. The molecule has 1 aliphatic carbocycles. The van der Waals surface area contributed by atoms with Crippen molar-refractivity contribution in [3.8, 4) is 16.9 Å². The highest BCUT2D eigenvalue weighted by Crippen LogP contribution is 2.50. The van der Waals surface area contributed by atoms with Gasteiger partial charge in [-0.25, -0.2) is 15.0 Å². The first-order valence-electron chi connectivity index (χ1n) is 10.5. The van der Waals surface area contributed by atoms with Gasteiger partial charge in [-0.15, -0.1) is 8.78 Å². The standard InChI is InChI=1S/C23H20ClF2N5O2/c24-23(25,26)33-18-4-2-17(3-5-18)30-21(32)15-8-19(16-9-27-14-28-10-16)20(29-11-15)31-12-22(13-31)6-1-7-22/h2-5,8-11,14H,1,6-7,12-13H2,(H,30,32). The van der Waals surface area contributed by atoms with E-state index in [1.165, 1.54) is 56.1 Å². The van der Waals surface area contributed by atoms with Crippen LogP contribution in [0.1, 0.15) is 29.6 Å². The molecule has 1 aliphatic heterocycles. The van der Waals surface area contributed by atoms with Crippen LogP contribution in [0.5, 0.6) is 5.75 Å². The molecule has 10 heteroatoms. The highest BCUT2D eigenvalue weighted by Gasteiger charge is 2.48. The fourth-order valence-corrected chi connectivity index (χ4v) is 4.42. The van der Waals surface area contributed by atoms with E-state index < -0.39 is 5.57 Å². The molecule has 1 N–H and O–H groups in total. The monoisotopic (exact) mass is 471 g/mol. The maximum Gasteiger partial charge on any atom is 0.487 e. The molecule has 3 aromatic rings. The van der Waals surface area contributed by atoms with Crippen molar-refractivity contribution in [1.82, 2.24) is 15.0 Å². The van der Waals surface area contributed by atoms with Gasteiger partial charge in [-0.2, -0.15) is 0 Å². The summed E-state index contributed by atoms with van der Waals surface area (Å²) in [5, 5.41) is 2.74. The number of pyridine rings is 1. The van der Waals surface area contributed by atoms with Gasteiger partial charge >= 0.3 is 5.57 Å². The lowest BCUT2D eigenvalue weighted by atomic mass is 9.63. The largest absolute Gasteiger partial charge is 0.487 e. The molecule has 1 aromatic carbocycles. The van der Waals surface area contributed by atoms with E-state index in [-0.39, 0.29) is 11.7 Å². The van der Waals surface area contributed by atoms with E-state index in [0.717, 1.165) is 30.0 Å². The summed E-state index contributed by atoms with van der Waals surface area (Å²) in [4.78, 5) is 27.9. The van der Waals surface area contributed by atoms with Crippen molar-refractivity contribution in [3.05, 3.63) is 60.8 Å². The number of carbonyl (C=O) groups is 1. The first-order valence-corrected chi connectivity index (χ1v) is 10.9. The van der Waals surface area contributed by atoms with Crippen molar-refractivity contribution >= 4 is 29.0 Å². The summed E-state index contributed by atoms with van der Waals surface area (Å²) in [5.41, 5.74) is -1.06. The summed E-state index contributed by atoms with van der Waals surface area (Å²) in [6.45, 7) is 1.92. The maximum atomic E-state index is 12.9. The average Bonchev–Trinajstić information content (AvgIpc) is 2.73. The number of alkyl halides is 3. The molecule has 3 heterocycles. The first kappa shape index (κ1) is 21.5. The summed E-state index contributed by atoms with van der Waals surface area (Å²) in [6, 6.07) is 7.25. The maximum absolute atomic E-state index is 12.9. The Morgan fingerprint density at radius 1 is 1.12 bits per heavy atom. The number of benzene rings is 1. The van der Waals surface area contributed by atoms with E-state index >= 15 is 0 Å². The summed E-state index contributed by atoms with van der Waals surface area (Å²) >= 11 is 4.77. The Labute approximate surface area is 193 Å². The second kappa shape index (κ2) is 8.22. The van der Waals surface area contributed by atoms with Gasteiger partial charge in [-0.1, -0.05) is 6.42 Å². The number of carbonyl (C=O) groups excluding carboxylic acids is 1. The highest BCUT2D eigenvalue weighted by molar-refractivity contribution is 6.20.